The molecule has 2 aromatic carbocycles. The van der Waals surface area contributed by atoms with Crippen LogP contribution in [0.5, 0.6) is 0 Å². The number of ketones is 1. The van der Waals surface area contributed by atoms with Crippen LogP contribution in [0.1, 0.15) is 33.7 Å². The highest BCUT2D eigenvalue weighted by molar-refractivity contribution is 5.99. The van der Waals surface area contributed by atoms with Crippen molar-refractivity contribution in [1.82, 2.24) is 19.6 Å². The summed E-state index contributed by atoms with van der Waals surface area (Å²) in [5.74, 6) is -1.25. The molecule has 0 aliphatic rings. The van der Waals surface area contributed by atoms with Crippen molar-refractivity contribution in [2.45, 2.75) is 33.4 Å². The smallest absolute Gasteiger partial charge is 0.308 e. The van der Waals surface area contributed by atoms with Crippen LogP contribution in [-0.4, -0.2) is 37.9 Å². The van der Waals surface area contributed by atoms with E-state index in [4.69, 9.17) is 4.74 Å². The first-order chi connectivity index (χ1) is 16.3. The first-order valence-electron chi connectivity index (χ1n) is 10.8. The number of carbonyl (C=O) groups is 2. The van der Waals surface area contributed by atoms with Crippen molar-refractivity contribution in [3.05, 3.63) is 93.3 Å². The van der Waals surface area contributed by atoms with E-state index in [1.54, 1.807) is 42.5 Å². The first kappa shape index (κ1) is 23.0. The fraction of sp³-hybridized carbons (Fsp3) is 0.240. The number of benzene rings is 2. The molecule has 0 fully saturated rings. The zero-order chi connectivity index (χ0) is 24.2. The van der Waals surface area contributed by atoms with Gasteiger partial charge in [-0.05, 0) is 49.7 Å². The standard InChI is InChI=1S/C25H23FN4O4/c1-16-13-21(17(2)29(16)14-18-7-9-19(26)10-8-18)23(31)15-34-24(32)11-12-30-25(33)20-5-3-4-6-22(20)27-28-30/h3-10,13H,11-12,14-15H2,1-2H3. The van der Waals surface area contributed by atoms with Gasteiger partial charge in [0, 0.05) is 23.5 Å². The van der Waals surface area contributed by atoms with Crippen molar-refractivity contribution in [1.29, 1.82) is 0 Å². The Hall–Kier alpha value is -4.14. The van der Waals surface area contributed by atoms with Gasteiger partial charge in [-0.15, -0.1) is 5.10 Å². The van der Waals surface area contributed by atoms with Crippen LogP contribution in [0.4, 0.5) is 4.39 Å². The molecule has 0 saturated carbocycles. The summed E-state index contributed by atoms with van der Waals surface area (Å²) < 4.78 is 21.4. The quantitative estimate of drug-likeness (QED) is 0.295. The van der Waals surface area contributed by atoms with Crippen LogP contribution in [-0.2, 0) is 22.6 Å². The zero-order valence-corrected chi connectivity index (χ0v) is 18.8. The van der Waals surface area contributed by atoms with Crippen LogP contribution >= 0.6 is 0 Å². The Morgan fingerprint density at radius 1 is 1.06 bits per heavy atom. The number of Topliss-reactive ketones (excluding diaryl/α,β-unsaturated/α-hetero) is 1. The monoisotopic (exact) mass is 462 g/mol. The van der Waals surface area contributed by atoms with Gasteiger partial charge in [0.2, 0.25) is 5.78 Å². The molecular weight excluding hydrogens is 439 g/mol. The highest BCUT2D eigenvalue weighted by atomic mass is 19.1. The second-order valence-electron chi connectivity index (χ2n) is 7.97. The summed E-state index contributed by atoms with van der Waals surface area (Å²) in [6.45, 7) is 3.78. The van der Waals surface area contributed by atoms with E-state index in [1.165, 1.54) is 12.1 Å². The van der Waals surface area contributed by atoms with Crippen LogP contribution in [0.25, 0.3) is 10.9 Å². The number of rotatable bonds is 8. The molecule has 0 bridgehead atoms. The van der Waals surface area contributed by atoms with Crippen LogP contribution in [0.2, 0.25) is 0 Å². The van der Waals surface area contributed by atoms with E-state index >= 15 is 0 Å². The predicted octanol–water partition coefficient (Wildman–Crippen LogP) is 3.21. The van der Waals surface area contributed by atoms with Crippen LogP contribution in [0, 0.1) is 19.7 Å². The highest BCUT2D eigenvalue weighted by Gasteiger charge is 2.18. The number of nitrogens with zero attached hydrogens (tertiary/aromatic N) is 4. The maximum Gasteiger partial charge on any atom is 0.308 e. The lowest BCUT2D eigenvalue weighted by molar-refractivity contribution is -0.142. The van der Waals surface area contributed by atoms with E-state index in [0.717, 1.165) is 21.6 Å². The number of hydrogen-bond donors (Lipinski definition) is 0. The Kier molecular flexibility index (Phi) is 6.62. The maximum absolute atomic E-state index is 13.2. The van der Waals surface area contributed by atoms with E-state index < -0.39 is 12.6 Å². The average Bonchev–Trinajstić information content (AvgIpc) is 3.12. The van der Waals surface area contributed by atoms with Crippen molar-refractivity contribution in [3.8, 4) is 0 Å². The van der Waals surface area contributed by atoms with Gasteiger partial charge in [-0.1, -0.05) is 29.5 Å². The Balaban J connectivity index is 1.35. The van der Waals surface area contributed by atoms with E-state index in [2.05, 4.69) is 10.3 Å². The number of halogens is 1. The van der Waals surface area contributed by atoms with Crippen molar-refractivity contribution in [2.24, 2.45) is 0 Å². The number of fused-ring (bicyclic) bond motifs is 1. The number of aryl methyl sites for hydroxylation is 2. The maximum atomic E-state index is 13.2. The lowest BCUT2D eigenvalue weighted by Crippen LogP contribution is -2.26. The third-order valence-electron chi connectivity index (χ3n) is 5.65. The molecule has 0 radical (unpaired) electrons. The summed E-state index contributed by atoms with van der Waals surface area (Å²) in [6.07, 6.45) is -0.121. The van der Waals surface area contributed by atoms with Crippen molar-refractivity contribution in [3.63, 3.8) is 0 Å². The highest BCUT2D eigenvalue weighted by Crippen LogP contribution is 2.18. The predicted molar refractivity (Wildman–Crippen MR) is 123 cm³/mol. The SMILES string of the molecule is Cc1cc(C(=O)COC(=O)CCn2nnc3ccccc3c2=O)c(C)n1Cc1ccc(F)cc1. The molecule has 0 aliphatic carbocycles. The molecule has 34 heavy (non-hydrogen) atoms. The second-order valence-corrected chi connectivity index (χ2v) is 7.97. The number of carbonyl (C=O) groups excluding carboxylic acids is 2. The first-order valence-corrected chi connectivity index (χ1v) is 10.8. The Morgan fingerprint density at radius 2 is 1.79 bits per heavy atom. The van der Waals surface area contributed by atoms with Gasteiger partial charge >= 0.3 is 5.97 Å². The minimum absolute atomic E-state index is 0.00409. The summed E-state index contributed by atoms with van der Waals surface area (Å²) in [6, 6.07) is 14.8. The van der Waals surface area contributed by atoms with Gasteiger partial charge in [0.25, 0.3) is 5.56 Å². The number of hydrogen-bond acceptors (Lipinski definition) is 6. The van der Waals surface area contributed by atoms with Crippen molar-refractivity contribution < 1.29 is 18.7 Å². The molecule has 0 N–H and O–H groups in total. The molecule has 4 aromatic rings. The van der Waals surface area contributed by atoms with E-state index in [9.17, 15) is 18.8 Å². The molecule has 4 rings (SSSR count). The van der Waals surface area contributed by atoms with E-state index in [-0.39, 0.29) is 30.1 Å². The molecule has 2 heterocycles. The number of esters is 1. The molecule has 0 amide bonds. The van der Waals surface area contributed by atoms with Crippen LogP contribution in [0.3, 0.4) is 0 Å². The van der Waals surface area contributed by atoms with Gasteiger partial charge in [0.05, 0.1) is 18.4 Å². The molecule has 0 atom stereocenters. The summed E-state index contributed by atoms with van der Waals surface area (Å²) in [5, 5.41) is 8.23. The molecule has 0 saturated heterocycles. The van der Waals surface area contributed by atoms with Gasteiger partial charge in [-0.2, -0.15) is 0 Å². The van der Waals surface area contributed by atoms with Gasteiger partial charge in [-0.25, -0.2) is 9.07 Å². The topological polar surface area (TPSA) is 96.1 Å². The largest absolute Gasteiger partial charge is 0.457 e. The Morgan fingerprint density at radius 3 is 2.56 bits per heavy atom. The normalized spacial score (nSPS) is 11.0. The molecule has 9 heteroatoms. The van der Waals surface area contributed by atoms with Crippen molar-refractivity contribution in [2.75, 3.05) is 6.61 Å². The fourth-order valence-electron chi connectivity index (χ4n) is 3.76. The van der Waals surface area contributed by atoms with Crippen molar-refractivity contribution >= 4 is 22.7 Å². The molecule has 0 unspecified atom stereocenters. The van der Waals surface area contributed by atoms with Gasteiger partial charge in [0.15, 0.2) is 6.61 Å². The number of ether oxygens (including phenoxy) is 1. The summed E-state index contributed by atoms with van der Waals surface area (Å²) in [5.41, 5.74) is 3.10. The summed E-state index contributed by atoms with van der Waals surface area (Å²) in [4.78, 5) is 37.3. The summed E-state index contributed by atoms with van der Waals surface area (Å²) in [7, 11) is 0. The minimum atomic E-state index is -0.615. The third kappa shape index (κ3) is 4.93. The fourth-order valence-corrected chi connectivity index (χ4v) is 3.76. The molecular formula is C25H23FN4O4. The van der Waals surface area contributed by atoms with Crippen LogP contribution in [0.15, 0.2) is 59.4 Å². The zero-order valence-electron chi connectivity index (χ0n) is 18.8. The Labute approximate surface area is 194 Å². The third-order valence-corrected chi connectivity index (χ3v) is 5.65. The Bertz CT molecular complexity index is 1420. The molecule has 0 spiro atoms. The van der Waals surface area contributed by atoms with E-state index in [1.807, 2.05) is 18.4 Å². The average molecular weight is 462 g/mol. The van der Waals surface area contributed by atoms with Gasteiger partial charge in [0.1, 0.15) is 11.3 Å². The molecule has 8 nitrogen and oxygen atoms in total. The molecule has 0 aliphatic heterocycles. The molecule has 2 aromatic heterocycles. The second kappa shape index (κ2) is 9.78. The van der Waals surface area contributed by atoms with Gasteiger partial charge < -0.3 is 9.30 Å². The minimum Gasteiger partial charge on any atom is -0.457 e. The lowest BCUT2D eigenvalue weighted by atomic mass is 10.1. The number of aromatic nitrogens is 4. The lowest BCUT2D eigenvalue weighted by Gasteiger charge is -2.10. The van der Waals surface area contributed by atoms with Gasteiger partial charge in [-0.3, -0.25) is 14.4 Å². The molecule has 174 valence electrons. The summed E-state index contributed by atoms with van der Waals surface area (Å²) >= 11 is 0. The van der Waals surface area contributed by atoms with E-state index in [0.29, 0.717) is 23.0 Å². The van der Waals surface area contributed by atoms with Crippen LogP contribution < -0.4 is 5.56 Å².